The van der Waals surface area contributed by atoms with Crippen LogP contribution in [0.4, 0.5) is 74.4 Å². The number of carbonyl (C=O) groups is 2. The van der Waals surface area contributed by atoms with E-state index in [1.54, 1.807) is 77.7 Å². The number of sulfonamides is 1. The van der Waals surface area contributed by atoms with Crippen molar-refractivity contribution >= 4 is 95.7 Å². The minimum Gasteiger partial charge on any atom is -0.378 e. The highest BCUT2D eigenvalue weighted by Gasteiger charge is 2.22. The van der Waals surface area contributed by atoms with Crippen LogP contribution in [0.2, 0.25) is 0 Å². The second-order valence-corrected chi connectivity index (χ2v) is 24.9. The van der Waals surface area contributed by atoms with Crippen molar-refractivity contribution in [3.8, 4) is 33.8 Å². The van der Waals surface area contributed by atoms with Gasteiger partial charge in [0.2, 0.25) is 15.9 Å². The van der Waals surface area contributed by atoms with E-state index in [2.05, 4.69) is 36.2 Å². The van der Waals surface area contributed by atoms with Crippen LogP contribution in [0.3, 0.4) is 0 Å². The smallest absolute Gasteiger partial charge is 0.251 e. The molecule has 506 valence electrons. The van der Waals surface area contributed by atoms with E-state index in [1.165, 1.54) is 49.4 Å². The number of rotatable bonds is 15. The van der Waals surface area contributed by atoms with E-state index in [0.717, 1.165) is 39.5 Å². The number of imidazole rings is 3. The van der Waals surface area contributed by atoms with Crippen LogP contribution in [0.1, 0.15) is 17.3 Å². The Hall–Kier alpha value is -11.4. The molecular formula is C72H67F4N15O7S. The minimum atomic E-state index is -3.76. The number of primary amides is 1. The summed E-state index contributed by atoms with van der Waals surface area (Å²) in [5.74, 6) is -2.50. The van der Waals surface area contributed by atoms with Crippen LogP contribution in [0, 0.1) is 23.3 Å². The molecule has 22 nitrogen and oxygen atoms in total. The number of fused-ring (bicyclic) bond motifs is 3. The predicted octanol–water partition coefficient (Wildman–Crippen LogP) is 12.0. The quantitative estimate of drug-likeness (QED) is 0.0522. The lowest BCUT2D eigenvalue weighted by molar-refractivity contribution is -0.114. The normalized spacial score (nSPS) is 14.1. The van der Waals surface area contributed by atoms with Crippen molar-refractivity contribution in [2.45, 2.75) is 11.8 Å². The Morgan fingerprint density at radius 2 is 0.778 bits per heavy atom. The topological polar surface area (TPSA) is 258 Å². The summed E-state index contributed by atoms with van der Waals surface area (Å²) >= 11 is 0. The van der Waals surface area contributed by atoms with Gasteiger partial charge in [0, 0.05) is 112 Å². The van der Waals surface area contributed by atoms with Gasteiger partial charge < -0.3 is 55.9 Å². The SMILES string of the molecule is CC(=O)Nc1ccc(-c2ccc(Nc3ccc(N4CCOCC4)c(F)c3)c3nccn23)cc1.NC(=O)c1ccc(-c2ccc(Nc3ccc(N4CCOCC4)c(F)c3)c3nccn23)cc1F.NS(=O)(=O)c1ccc(-c2ccc(Nc3ccc(N4CCOCC4)c(F)c3)c3nccn23)cc1. The fourth-order valence-corrected chi connectivity index (χ4v) is 12.6. The molecule has 3 aliphatic heterocycles. The molecule has 2 amide bonds. The Balaban J connectivity index is 0.000000133. The number of carbonyl (C=O) groups excluding carboxylic acids is 2. The summed E-state index contributed by atoms with van der Waals surface area (Å²) in [7, 11) is -3.76. The van der Waals surface area contributed by atoms with Gasteiger partial charge in [0.1, 0.15) is 23.3 Å². The van der Waals surface area contributed by atoms with Gasteiger partial charge in [-0.15, -0.1) is 0 Å². The van der Waals surface area contributed by atoms with Crippen molar-refractivity contribution in [1.29, 1.82) is 0 Å². The van der Waals surface area contributed by atoms with Gasteiger partial charge in [0.05, 0.1) is 101 Å². The van der Waals surface area contributed by atoms with E-state index in [9.17, 15) is 35.6 Å². The average molecular weight is 1360 g/mol. The molecule has 0 spiro atoms. The number of halogens is 4. The zero-order valence-electron chi connectivity index (χ0n) is 53.4. The molecule has 99 heavy (non-hydrogen) atoms. The third-order valence-corrected chi connectivity index (χ3v) is 17.8. The number of nitrogens with two attached hydrogens (primary N) is 2. The maximum atomic E-state index is 14.8. The summed E-state index contributed by atoms with van der Waals surface area (Å²) in [5, 5.41) is 17.7. The van der Waals surface area contributed by atoms with Crippen molar-refractivity contribution in [2.24, 2.45) is 10.9 Å². The van der Waals surface area contributed by atoms with Crippen molar-refractivity contribution in [3.63, 3.8) is 0 Å². The van der Waals surface area contributed by atoms with Gasteiger partial charge in [-0.05, 0) is 139 Å². The number of anilines is 10. The van der Waals surface area contributed by atoms with Crippen LogP contribution >= 0.6 is 0 Å². The zero-order chi connectivity index (χ0) is 68.7. The number of aromatic nitrogens is 6. The highest BCUT2D eigenvalue weighted by molar-refractivity contribution is 7.89. The molecule has 15 rings (SSSR count). The first kappa shape index (κ1) is 66.3. The van der Waals surface area contributed by atoms with Gasteiger partial charge in [-0.3, -0.25) is 22.8 Å². The summed E-state index contributed by atoms with van der Waals surface area (Å²) in [5.41, 5.74) is 18.3. The molecular weight excluding hydrogens is 1290 g/mol. The lowest BCUT2D eigenvalue weighted by Gasteiger charge is -2.29. The van der Waals surface area contributed by atoms with Crippen LogP contribution in [-0.2, 0) is 29.0 Å². The fraction of sp³-hybridized carbons (Fsp3) is 0.181. The van der Waals surface area contributed by atoms with E-state index >= 15 is 0 Å². The van der Waals surface area contributed by atoms with Crippen molar-refractivity contribution in [3.05, 3.63) is 224 Å². The Kier molecular flexibility index (Phi) is 19.5. The van der Waals surface area contributed by atoms with E-state index in [0.29, 0.717) is 147 Å². The standard InChI is InChI=1S/C25H24FN5O2.C24H21F2N5O2.C23H22FN5O3S/c1-17(32)28-19-4-2-18(3-5-19)23-9-7-22(25-27-10-11-31(23)25)29-20-6-8-24(21(26)16-20)30-12-14-33-15-13-30;25-18-13-15(1-3-17(18)23(27)32)21-6-4-20(24-28-7-8-31(21)24)29-16-2-5-22(19(26)14-16)30-9-11-33-12-10-30;24-19-15-17(3-7-22(19)28-11-13-32-14-12-28)27-20-6-8-21(29-10-9-26-23(20)29)16-1-4-18(5-2-16)33(25,30)31/h2-11,16,29H,12-15H2,1H3,(H,28,32);1-8,13-14,29H,9-12H2,(H2,27,32);1-10,15,27H,11-14H2,(H2,25,30,31). The van der Waals surface area contributed by atoms with Gasteiger partial charge in [0.15, 0.2) is 16.9 Å². The highest BCUT2D eigenvalue weighted by atomic mass is 32.2. The molecule has 0 atom stereocenters. The molecule has 0 bridgehead atoms. The Morgan fingerprint density at radius 1 is 0.434 bits per heavy atom. The summed E-state index contributed by atoms with van der Waals surface area (Å²) in [6, 6.07) is 44.8. The zero-order valence-corrected chi connectivity index (χ0v) is 54.2. The van der Waals surface area contributed by atoms with Crippen LogP contribution in [-0.4, -0.2) is 127 Å². The molecule has 8 N–H and O–H groups in total. The molecule has 0 radical (unpaired) electrons. The average Bonchev–Trinajstić information content (AvgIpc) is 1.75. The molecule has 3 saturated heterocycles. The molecule has 6 aromatic carbocycles. The molecule has 3 aliphatic rings. The van der Waals surface area contributed by atoms with Crippen LogP contribution in [0.25, 0.3) is 50.7 Å². The van der Waals surface area contributed by atoms with E-state index in [4.69, 9.17) is 25.1 Å². The molecule has 9 heterocycles. The molecule has 0 aliphatic carbocycles. The largest absolute Gasteiger partial charge is 0.378 e. The van der Waals surface area contributed by atoms with Crippen molar-refractivity contribution in [2.75, 3.05) is 115 Å². The number of benzene rings is 6. The first-order valence-electron chi connectivity index (χ1n) is 31.7. The van der Waals surface area contributed by atoms with Crippen molar-refractivity contribution in [1.82, 2.24) is 28.2 Å². The number of primary sulfonamides is 1. The lowest BCUT2D eigenvalue weighted by atomic mass is 10.1. The molecule has 6 aromatic heterocycles. The molecule has 12 aromatic rings. The van der Waals surface area contributed by atoms with Crippen LogP contribution < -0.4 is 46.8 Å². The summed E-state index contributed by atoms with van der Waals surface area (Å²) < 4.78 is 103. The summed E-state index contributed by atoms with van der Waals surface area (Å²) in [6.45, 7) is 9.06. The summed E-state index contributed by atoms with van der Waals surface area (Å²) in [4.78, 5) is 41.9. The molecule has 3 fully saturated rings. The van der Waals surface area contributed by atoms with Crippen molar-refractivity contribution < 1.29 is 49.8 Å². The number of nitrogens with zero attached hydrogens (tertiary/aromatic N) is 9. The minimum absolute atomic E-state index is 0.0500. The Bertz CT molecular complexity index is 5060. The second-order valence-electron chi connectivity index (χ2n) is 23.3. The monoisotopic (exact) mass is 1360 g/mol. The summed E-state index contributed by atoms with van der Waals surface area (Å²) in [6.07, 6.45) is 10.5. The van der Waals surface area contributed by atoms with Gasteiger partial charge >= 0.3 is 0 Å². The Morgan fingerprint density at radius 3 is 1.11 bits per heavy atom. The number of nitrogens with one attached hydrogen (secondary N) is 4. The molecule has 0 unspecified atom stereocenters. The van der Waals surface area contributed by atoms with Gasteiger partial charge in [-0.2, -0.15) is 0 Å². The number of pyridine rings is 3. The number of hydrogen-bond donors (Lipinski definition) is 6. The van der Waals surface area contributed by atoms with E-state index in [1.807, 2.05) is 103 Å². The molecule has 0 saturated carbocycles. The first-order valence-corrected chi connectivity index (χ1v) is 33.2. The maximum Gasteiger partial charge on any atom is 0.251 e. The first-order chi connectivity index (χ1) is 48.0. The van der Waals surface area contributed by atoms with Gasteiger partial charge in [0.25, 0.3) is 5.91 Å². The number of hydrogen-bond acceptors (Lipinski definition) is 16. The van der Waals surface area contributed by atoms with E-state index in [-0.39, 0.29) is 33.8 Å². The highest BCUT2D eigenvalue weighted by Crippen LogP contribution is 2.35. The van der Waals surface area contributed by atoms with Gasteiger partial charge in [-0.1, -0.05) is 30.3 Å². The third kappa shape index (κ3) is 15.0. The van der Waals surface area contributed by atoms with Gasteiger partial charge in [-0.25, -0.2) is 46.1 Å². The third-order valence-electron chi connectivity index (χ3n) is 16.9. The second kappa shape index (κ2) is 29.2. The number of ether oxygens (including phenoxy) is 3. The van der Waals surface area contributed by atoms with Crippen LogP contribution in [0.15, 0.2) is 200 Å². The number of morpholine rings is 3. The number of amides is 2. The maximum absolute atomic E-state index is 14.8. The predicted molar refractivity (Wildman–Crippen MR) is 374 cm³/mol. The molecule has 27 heteroatoms. The lowest BCUT2D eigenvalue weighted by Crippen LogP contribution is -2.36. The fourth-order valence-electron chi connectivity index (χ4n) is 12.1. The van der Waals surface area contributed by atoms with Crippen LogP contribution in [0.5, 0.6) is 0 Å². The Labute approximate surface area is 566 Å². The van der Waals surface area contributed by atoms with E-state index < -0.39 is 21.7 Å².